The summed E-state index contributed by atoms with van der Waals surface area (Å²) in [7, 11) is 0. The van der Waals surface area contributed by atoms with Crippen LogP contribution < -0.4 is 5.32 Å². The third-order valence-corrected chi connectivity index (χ3v) is 6.10. The van der Waals surface area contributed by atoms with Crippen molar-refractivity contribution in [3.05, 3.63) is 54.1 Å². The molecule has 2 fully saturated rings. The topological polar surface area (TPSA) is 90.0 Å². The first-order valence-electron chi connectivity index (χ1n) is 11.1. The molecular formula is C25H29N3O4. The number of nitrogens with zero attached hydrogens (tertiary/aromatic N) is 2. The highest BCUT2D eigenvalue weighted by Crippen LogP contribution is 2.37. The van der Waals surface area contributed by atoms with Gasteiger partial charge in [-0.2, -0.15) is 0 Å². The summed E-state index contributed by atoms with van der Waals surface area (Å²) in [5.41, 5.74) is 2.09. The Morgan fingerprint density at radius 1 is 0.906 bits per heavy atom. The average Bonchev–Trinajstić information content (AvgIpc) is 3.57. The van der Waals surface area contributed by atoms with Gasteiger partial charge in [-0.25, -0.2) is 0 Å². The molecule has 2 N–H and O–H groups in total. The normalized spacial score (nSPS) is 17.2. The van der Waals surface area contributed by atoms with Gasteiger partial charge in [0.05, 0.1) is 0 Å². The molecule has 2 aromatic carbocycles. The van der Waals surface area contributed by atoms with E-state index in [4.69, 9.17) is 0 Å². The van der Waals surface area contributed by atoms with Gasteiger partial charge in [-0.05, 0) is 48.2 Å². The minimum Gasteiger partial charge on any atom is -0.380 e. The highest BCUT2D eigenvalue weighted by Gasteiger charge is 2.50. The summed E-state index contributed by atoms with van der Waals surface area (Å²) in [6.45, 7) is 5.51. The molecule has 0 bridgehead atoms. The fourth-order valence-electron chi connectivity index (χ4n) is 3.79. The molecule has 0 spiro atoms. The van der Waals surface area contributed by atoms with Crippen LogP contribution in [0.4, 0.5) is 5.69 Å². The van der Waals surface area contributed by atoms with Crippen molar-refractivity contribution < 1.29 is 19.5 Å². The van der Waals surface area contributed by atoms with Gasteiger partial charge in [0.25, 0.3) is 11.8 Å². The molecule has 1 saturated carbocycles. The van der Waals surface area contributed by atoms with Gasteiger partial charge in [0.2, 0.25) is 5.91 Å². The second kappa shape index (κ2) is 8.74. The Hall–Kier alpha value is -3.19. The van der Waals surface area contributed by atoms with E-state index < -0.39 is 5.60 Å². The number of carbonyl (C=O) groups excluding carboxylic acids is 3. The molecule has 7 nitrogen and oxygen atoms in total. The number of rotatable bonds is 5. The molecule has 32 heavy (non-hydrogen) atoms. The van der Waals surface area contributed by atoms with Gasteiger partial charge in [-0.1, -0.05) is 38.1 Å². The van der Waals surface area contributed by atoms with Crippen LogP contribution in [0.15, 0.2) is 48.5 Å². The van der Waals surface area contributed by atoms with E-state index >= 15 is 0 Å². The second-order valence-corrected chi connectivity index (χ2v) is 8.92. The number of carbonyl (C=O) groups is 3. The smallest absolute Gasteiger partial charge is 0.254 e. The first-order valence-corrected chi connectivity index (χ1v) is 11.1. The minimum atomic E-state index is -1.16. The Bertz CT molecular complexity index is 1020. The molecule has 1 aliphatic heterocycles. The van der Waals surface area contributed by atoms with E-state index in [1.165, 1.54) is 0 Å². The molecule has 1 aliphatic carbocycles. The van der Waals surface area contributed by atoms with Crippen LogP contribution in [0.25, 0.3) is 11.1 Å². The number of hydrogen-bond acceptors (Lipinski definition) is 4. The molecule has 4 rings (SSSR count). The minimum absolute atomic E-state index is 0.0313. The fourth-order valence-corrected chi connectivity index (χ4v) is 3.79. The number of hydrogen-bond donors (Lipinski definition) is 2. The van der Waals surface area contributed by atoms with Crippen molar-refractivity contribution in [2.45, 2.75) is 32.3 Å². The Morgan fingerprint density at radius 2 is 1.53 bits per heavy atom. The number of piperazine rings is 1. The lowest BCUT2D eigenvalue weighted by Crippen LogP contribution is -2.53. The van der Waals surface area contributed by atoms with Crippen LogP contribution in [0.3, 0.4) is 0 Å². The SMILES string of the molecule is CC(C)C(=O)Nc1cccc(-c2ccc(C(=O)N3CCN(C(=O)C4(O)CC4)CC3)cc2)c1. The van der Waals surface area contributed by atoms with Crippen LogP contribution in [0.2, 0.25) is 0 Å². The van der Waals surface area contributed by atoms with E-state index in [9.17, 15) is 19.5 Å². The quantitative estimate of drug-likeness (QED) is 0.756. The summed E-state index contributed by atoms with van der Waals surface area (Å²) in [6.07, 6.45) is 1.06. The van der Waals surface area contributed by atoms with Crippen LogP contribution in [-0.2, 0) is 9.59 Å². The first kappa shape index (κ1) is 22.0. The van der Waals surface area contributed by atoms with Gasteiger partial charge >= 0.3 is 0 Å². The molecule has 2 aromatic rings. The highest BCUT2D eigenvalue weighted by molar-refractivity contribution is 5.95. The first-order chi connectivity index (χ1) is 15.3. The van der Waals surface area contributed by atoms with Gasteiger partial charge in [0, 0.05) is 43.3 Å². The van der Waals surface area contributed by atoms with Gasteiger partial charge in [0.15, 0.2) is 0 Å². The van der Waals surface area contributed by atoms with E-state index in [0.717, 1.165) is 16.8 Å². The molecule has 0 radical (unpaired) electrons. The third kappa shape index (κ3) is 4.67. The second-order valence-electron chi connectivity index (χ2n) is 8.92. The number of anilines is 1. The molecule has 1 saturated heterocycles. The highest BCUT2D eigenvalue weighted by atomic mass is 16.3. The van der Waals surface area contributed by atoms with Crippen molar-refractivity contribution in [2.24, 2.45) is 5.92 Å². The summed E-state index contributed by atoms with van der Waals surface area (Å²) in [5.74, 6) is -0.397. The maximum atomic E-state index is 12.9. The van der Waals surface area contributed by atoms with Gasteiger partial charge in [0.1, 0.15) is 5.60 Å². The Labute approximate surface area is 188 Å². The van der Waals surface area contributed by atoms with Gasteiger partial charge in [-0.3, -0.25) is 14.4 Å². The summed E-state index contributed by atoms with van der Waals surface area (Å²) in [6, 6.07) is 15.0. The average molecular weight is 436 g/mol. The zero-order valence-corrected chi connectivity index (χ0v) is 18.5. The van der Waals surface area contributed by atoms with Crippen molar-refractivity contribution in [3.63, 3.8) is 0 Å². The summed E-state index contributed by atoms with van der Waals surface area (Å²) in [4.78, 5) is 40.5. The van der Waals surface area contributed by atoms with Crippen molar-refractivity contribution in [1.82, 2.24) is 9.80 Å². The molecule has 3 amide bonds. The van der Waals surface area contributed by atoms with Crippen molar-refractivity contribution in [3.8, 4) is 11.1 Å². The Balaban J connectivity index is 1.38. The van der Waals surface area contributed by atoms with Crippen molar-refractivity contribution in [1.29, 1.82) is 0 Å². The van der Waals surface area contributed by atoms with Crippen LogP contribution in [-0.4, -0.2) is 64.4 Å². The van der Waals surface area contributed by atoms with Gasteiger partial charge in [-0.15, -0.1) is 0 Å². The maximum absolute atomic E-state index is 12.9. The maximum Gasteiger partial charge on any atom is 0.254 e. The third-order valence-electron chi connectivity index (χ3n) is 6.10. The monoisotopic (exact) mass is 435 g/mol. The molecule has 0 aromatic heterocycles. The van der Waals surface area contributed by atoms with E-state index in [2.05, 4.69) is 5.32 Å². The lowest BCUT2D eigenvalue weighted by molar-refractivity contribution is -0.143. The largest absolute Gasteiger partial charge is 0.380 e. The fraction of sp³-hybridized carbons (Fsp3) is 0.400. The Morgan fingerprint density at radius 3 is 2.12 bits per heavy atom. The lowest BCUT2D eigenvalue weighted by Gasteiger charge is -2.35. The summed E-state index contributed by atoms with van der Waals surface area (Å²) >= 11 is 0. The van der Waals surface area contributed by atoms with Crippen molar-refractivity contribution >= 4 is 23.4 Å². The molecule has 7 heteroatoms. The van der Waals surface area contributed by atoms with Crippen LogP contribution in [0, 0.1) is 5.92 Å². The zero-order valence-electron chi connectivity index (χ0n) is 18.5. The number of nitrogens with one attached hydrogen (secondary N) is 1. The standard InChI is InChI=1S/C25H29N3O4/c1-17(2)22(29)26-21-5-3-4-20(16-21)18-6-8-19(9-7-18)23(30)27-12-14-28(15-13-27)24(31)25(32)10-11-25/h3-9,16-17,32H,10-15H2,1-2H3,(H,26,29). The van der Waals surface area contributed by atoms with Crippen LogP contribution in [0.1, 0.15) is 37.0 Å². The van der Waals surface area contributed by atoms with E-state index in [1.54, 1.807) is 9.80 Å². The van der Waals surface area contributed by atoms with E-state index in [0.29, 0.717) is 44.6 Å². The van der Waals surface area contributed by atoms with Crippen molar-refractivity contribution in [2.75, 3.05) is 31.5 Å². The zero-order chi connectivity index (χ0) is 22.9. The number of amides is 3. The molecule has 2 aliphatic rings. The predicted molar refractivity (Wildman–Crippen MR) is 122 cm³/mol. The molecule has 1 heterocycles. The molecule has 168 valence electrons. The van der Waals surface area contributed by atoms with E-state index in [-0.39, 0.29) is 23.6 Å². The van der Waals surface area contributed by atoms with Crippen LogP contribution >= 0.6 is 0 Å². The lowest BCUT2D eigenvalue weighted by atomic mass is 10.0. The summed E-state index contributed by atoms with van der Waals surface area (Å²) < 4.78 is 0. The summed E-state index contributed by atoms with van der Waals surface area (Å²) in [5, 5.41) is 12.9. The molecule has 0 unspecified atom stereocenters. The van der Waals surface area contributed by atoms with E-state index in [1.807, 2.05) is 62.4 Å². The predicted octanol–water partition coefficient (Wildman–Crippen LogP) is 2.76. The molecular weight excluding hydrogens is 406 g/mol. The number of benzene rings is 2. The van der Waals surface area contributed by atoms with Gasteiger partial charge < -0.3 is 20.2 Å². The van der Waals surface area contributed by atoms with Crippen LogP contribution in [0.5, 0.6) is 0 Å². The number of aliphatic hydroxyl groups is 1. The Kier molecular flexibility index (Phi) is 6.02. The molecule has 0 atom stereocenters.